The van der Waals surface area contributed by atoms with Crippen molar-refractivity contribution in [2.45, 2.75) is 12.8 Å². The Balaban J connectivity index is 1.63. The van der Waals surface area contributed by atoms with E-state index in [1.165, 1.54) is 0 Å². The highest BCUT2D eigenvalue weighted by molar-refractivity contribution is 5.96. The van der Waals surface area contributed by atoms with Crippen molar-refractivity contribution in [3.8, 4) is 0 Å². The van der Waals surface area contributed by atoms with E-state index in [0.717, 1.165) is 18.5 Å². The molecule has 0 radical (unpaired) electrons. The van der Waals surface area contributed by atoms with Crippen LogP contribution in [0.5, 0.6) is 0 Å². The molecule has 2 N–H and O–H groups in total. The molecule has 0 aromatic heterocycles. The molecule has 1 amide bonds. The second-order valence-corrected chi connectivity index (χ2v) is 6.41. The third kappa shape index (κ3) is 1.68. The Labute approximate surface area is 122 Å². The maximum Gasteiger partial charge on any atom is 0.307 e. The van der Waals surface area contributed by atoms with Crippen molar-refractivity contribution < 1.29 is 14.7 Å². The molecule has 108 valence electrons. The van der Waals surface area contributed by atoms with Crippen LogP contribution in [-0.4, -0.2) is 17.0 Å². The van der Waals surface area contributed by atoms with Gasteiger partial charge >= 0.3 is 5.97 Å². The van der Waals surface area contributed by atoms with Gasteiger partial charge in [-0.05, 0) is 42.2 Å². The zero-order chi connectivity index (χ0) is 14.6. The van der Waals surface area contributed by atoms with Crippen molar-refractivity contribution in [3.63, 3.8) is 0 Å². The smallest absolute Gasteiger partial charge is 0.307 e. The van der Waals surface area contributed by atoms with Crippen molar-refractivity contribution in [2.75, 3.05) is 5.32 Å². The molecule has 2 bridgehead atoms. The number of hydrogen-bond acceptors (Lipinski definition) is 2. The number of carboxylic acids is 1. The number of hydrogen-bond donors (Lipinski definition) is 2. The first-order valence-corrected chi connectivity index (χ1v) is 7.40. The van der Waals surface area contributed by atoms with Gasteiger partial charge in [-0.3, -0.25) is 9.59 Å². The Hall–Kier alpha value is -2.10. The molecule has 3 aliphatic carbocycles. The quantitative estimate of drug-likeness (QED) is 0.838. The second kappa shape index (κ2) is 4.20. The van der Waals surface area contributed by atoms with E-state index < -0.39 is 17.8 Å². The van der Waals surface area contributed by atoms with Crippen molar-refractivity contribution in [1.29, 1.82) is 0 Å². The maximum absolute atomic E-state index is 12.6. The number of benzene rings is 1. The summed E-state index contributed by atoms with van der Waals surface area (Å²) >= 11 is 0. The highest BCUT2D eigenvalue weighted by Gasteiger charge is 2.70. The number of carbonyl (C=O) groups excluding carboxylic acids is 1. The Morgan fingerprint density at radius 1 is 1.05 bits per heavy atom. The lowest BCUT2D eigenvalue weighted by Gasteiger charge is -2.23. The molecule has 3 aliphatic rings. The SMILES string of the molecule is O=C(O)[C@@H]1[C@@H](C(=O)Nc2ccccc2)[C@H]2C=C[C@H]1C21CC1. The van der Waals surface area contributed by atoms with Gasteiger partial charge in [0.25, 0.3) is 0 Å². The summed E-state index contributed by atoms with van der Waals surface area (Å²) < 4.78 is 0. The summed E-state index contributed by atoms with van der Waals surface area (Å²) in [6.07, 6.45) is 6.21. The van der Waals surface area contributed by atoms with Crippen LogP contribution in [-0.2, 0) is 9.59 Å². The van der Waals surface area contributed by atoms with Gasteiger partial charge in [0.15, 0.2) is 0 Å². The van der Waals surface area contributed by atoms with Gasteiger partial charge in [0, 0.05) is 5.69 Å². The first-order valence-electron chi connectivity index (χ1n) is 7.40. The molecule has 4 nitrogen and oxygen atoms in total. The van der Waals surface area contributed by atoms with Crippen LogP contribution in [0.15, 0.2) is 42.5 Å². The van der Waals surface area contributed by atoms with Gasteiger partial charge < -0.3 is 10.4 Å². The second-order valence-electron chi connectivity index (χ2n) is 6.41. The number of amides is 1. The first kappa shape index (κ1) is 12.6. The van der Waals surface area contributed by atoms with Crippen LogP contribution >= 0.6 is 0 Å². The molecule has 1 spiro atoms. The fraction of sp³-hybridized carbons (Fsp3) is 0.412. The van der Waals surface area contributed by atoms with E-state index in [1.54, 1.807) is 0 Å². The minimum Gasteiger partial charge on any atom is -0.481 e. The molecular weight excluding hydrogens is 266 g/mol. The third-order valence-electron chi connectivity index (χ3n) is 5.47. The molecule has 4 heteroatoms. The molecule has 1 aromatic rings. The average molecular weight is 283 g/mol. The number of allylic oxidation sites excluding steroid dienone is 2. The lowest BCUT2D eigenvalue weighted by molar-refractivity contribution is -0.146. The summed E-state index contributed by atoms with van der Waals surface area (Å²) in [6.45, 7) is 0. The third-order valence-corrected chi connectivity index (χ3v) is 5.47. The van der Waals surface area contributed by atoms with Gasteiger partial charge in [-0.25, -0.2) is 0 Å². The van der Waals surface area contributed by atoms with Gasteiger partial charge in [-0.2, -0.15) is 0 Å². The number of para-hydroxylation sites is 1. The van der Waals surface area contributed by atoms with E-state index in [9.17, 15) is 14.7 Å². The van der Waals surface area contributed by atoms with Gasteiger partial charge in [-0.15, -0.1) is 0 Å². The zero-order valence-corrected chi connectivity index (χ0v) is 11.5. The number of carbonyl (C=O) groups is 2. The molecule has 0 unspecified atom stereocenters. The van der Waals surface area contributed by atoms with Crippen LogP contribution in [0.4, 0.5) is 5.69 Å². The largest absolute Gasteiger partial charge is 0.481 e. The van der Waals surface area contributed by atoms with E-state index in [-0.39, 0.29) is 23.2 Å². The number of carboxylic acid groups (broad SMARTS) is 1. The molecule has 4 rings (SSSR count). The monoisotopic (exact) mass is 283 g/mol. The fourth-order valence-electron chi connectivity index (χ4n) is 4.44. The standard InChI is InChI=1S/C17H17NO3/c19-15(18-10-4-2-1-3-5-10)13-11-6-7-12(14(13)16(20)21)17(11)8-9-17/h1-7,11-14H,8-9H2,(H,18,19)(H,20,21)/t11-,12-,13+,14+/m1/s1. The summed E-state index contributed by atoms with van der Waals surface area (Å²) in [5.41, 5.74) is 0.796. The molecule has 0 heterocycles. The van der Waals surface area contributed by atoms with Crippen LogP contribution in [0.25, 0.3) is 0 Å². The molecule has 2 fully saturated rings. The van der Waals surface area contributed by atoms with Crippen LogP contribution in [0.2, 0.25) is 0 Å². The van der Waals surface area contributed by atoms with E-state index in [4.69, 9.17) is 0 Å². The molecule has 2 saturated carbocycles. The molecule has 1 aromatic carbocycles. The van der Waals surface area contributed by atoms with Crippen molar-refractivity contribution in [2.24, 2.45) is 29.1 Å². The number of aliphatic carboxylic acids is 1. The van der Waals surface area contributed by atoms with E-state index >= 15 is 0 Å². The predicted molar refractivity (Wildman–Crippen MR) is 77.5 cm³/mol. The van der Waals surface area contributed by atoms with Crippen molar-refractivity contribution in [3.05, 3.63) is 42.5 Å². The predicted octanol–water partition coefficient (Wildman–Crippen LogP) is 2.54. The van der Waals surface area contributed by atoms with Gasteiger partial charge in [0.05, 0.1) is 11.8 Å². The summed E-state index contributed by atoms with van der Waals surface area (Å²) in [5.74, 6) is -1.90. The summed E-state index contributed by atoms with van der Waals surface area (Å²) in [7, 11) is 0. The lowest BCUT2D eigenvalue weighted by Crippen LogP contribution is -2.36. The fourth-order valence-corrected chi connectivity index (χ4v) is 4.44. The number of anilines is 1. The van der Waals surface area contributed by atoms with Gasteiger partial charge in [0.1, 0.15) is 0 Å². The summed E-state index contributed by atoms with van der Waals surface area (Å²) in [6, 6.07) is 9.24. The number of rotatable bonds is 3. The minimum absolute atomic E-state index is 0.0338. The Morgan fingerprint density at radius 3 is 2.24 bits per heavy atom. The summed E-state index contributed by atoms with van der Waals surface area (Å²) in [4.78, 5) is 24.3. The highest BCUT2D eigenvalue weighted by Crippen LogP contribution is 2.72. The Kier molecular flexibility index (Phi) is 2.52. The average Bonchev–Trinajstić information content (AvgIpc) is 3.13. The number of nitrogens with one attached hydrogen (secondary N) is 1. The van der Waals surface area contributed by atoms with E-state index in [0.29, 0.717) is 0 Å². The van der Waals surface area contributed by atoms with Crippen molar-refractivity contribution >= 4 is 17.6 Å². The van der Waals surface area contributed by atoms with E-state index in [2.05, 4.69) is 11.4 Å². The van der Waals surface area contributed by atoms with Gasteiger partial charge in [-0.1, -0.05) is 30.4 Å². The Bertz CT molecular complexity index is 633. The van der Waals surface area contributed by atoms with Gasteiger partial charge in [0.2, 0.25) is 5.91 Å². The Morgan fingerprint density at radius 2 is 1.67 bits per heavy atom. The molecular formula is C17H17NO3. The molecule has 0 aliphatic heterocycles. The maximum atomic E-state index is 12.6. The van der Waals surface area contributed by atoms with E-state index in [1.807, 2.05) is 36.4 Å². The van der Waals surface area contributed by atoms with Crippen LogP contribution in [0.3, 0.4) is 0 Å². The van der Waals surface area contributed by atoms with Crippen LogP contribution in [0.1, 0.15) is 12.8 Å². The minimum atomic E-state index is -0.841. The lowest BCUT2D eigenvalue weighted by atomic mass is 9.82. The van der Waals surface area contributed by atoms with Crippen molar-refractivity contribution in [1.82, 2.24) is 0 Å². The van der Waals surface area contributed by atoms with Crippen LogP contribution < -0.4 is 5.32 Å². The zero-order valence-electron chi connectivity index (χ0n) is 11.5. The molecule has 21 heavy (non-hydrogen) atoms. The topological polar surface area (TPSA) is 66.4 Å². The highest BCUT2D eigenvalue weighted by atomic mass is 16.4. The summed E-state index contributed by atoms with van der Waals surface area (Å²) in [5, 5.41) is 12.4. The normalized spacial score (nSPS) is 34.1. The van der Waals surface area contributed by atoms with Crippen LogP contribution in [0, 0.1) is 29.1 Å². The molecule has 4 atom stereocenters. The first-order chi connectivity index (χ1) is 10.1. The molecule has 0 saturated heterocycles.